The van der Waals surface area contributed by atoms with Gasteiger partial charge in [0.25, 0.3) is 0 Å². The van der Waals surface area contributed by atoms with Crippen LogP contribution in [-0.4, -0.2) is 26.6 Å². The number of nitrogens with zero attached hydrogens (tertiary/aromatic N) is 2. The van der Waals surface area contributed by atoms with Crippen LogP contribution in [0.3, 0.4) is 0 Å². The van der Waals surface area contributed by atoms with Crippen molar-refractivity contribution in [3.05, 3.63) is 89.7 Å². The third-order valence-corrected chi connectivity index (χ3v) is 4.18. The molecule has 0 spiro atoms. The van der Waals surface area contributed by atoms with Crippen molar-refractivity contribution >= 4 is 0 Å². The molecular formula is C21H22N2O2. The van der Waals surface area contributed by atoms with Gasteiger partial charge in [-0.25, -0.2) is 0 Å². The monoisotopic (exact) mass is 334 g/mol. The SMILES string of the molecule is Oc1ccccc1CN(CCc1ccccn1)Cc1ccccc1O. The molecule has 0 amide bonds. The second-order valence-corrected chi connectivity index (χ2v) is 6.04. The summed E-state index contributed by atoms with van der Waals surface area (Å²) in [6.45, 7) is 1.99. The Morgan fingerprint density at radius 3 is 1.80 bits per heavy atom. The lowest BCUT2D eigenvalue weighted by atomic mass is 10.1. The third kappa shape index (κ3) is 4.81. The Morgan fingerprint density at radius 2 is 1.28 bits per heavy atom. The van der Waals surface area contributed by atoms with Crippen LogP contribution in [0.25, 0.3) is 0 Å². The normalized spacial score (nSPS) is 10.9. The molecule has 3 rings (SSSR count). The molecule has 1 heterocycles. The Morgan fingerprint density at radius 1 is 0.720 bits per heavy atom. The number of benzene rings is 2. The van der Waals surface area contributed by atoms with Crippen LogP contribution in [0.5, 0.6) is 11.5 Å². The Hall–Kier alpha value is -2.85. The van der Waals surface area contributed by atoms with Gasteiger partial charge in [-0.1, -0.05) is 42.5 Å². The summed E-state index contributed by atoms with van der Waals surface area (Å²) in [7, 11) is 0. The van der Waals surface area contributed by atoms with Crippen molar-refractivity contribution < 1.29 is 10.2 Å². The average Bonchev–Trinajstić information content (AvgIpc) is 2.64. The molecule has 0 saturated heterocycles. The van der Waals surface area contributed by atoms with Gasteiger partial charge in [0.2, 0.25) is 0 Å². The van der Waals surface area contributed by atoms with Crippen molar-refractivity contribution in [3.63, 3.8) is 0 Å². The molecule has 3 aromatic rings. The lowest BCUT2D eigenvalue weighted by molar-refractivity contribution is 0.252. The van der Waals surface area contributed by atoms with E-state index in [2.05, 4.69) is 9.88 Å². The van der Waals surface area contributed by atoms with Gasteiger partial charge < -0.3 is 10.2 Å². The van der Waals surface area contributed by atoms with E-state index < -0.39 is 0 Å². The summed E-state index contributed by atoms with van der Waals surface area (Å²) < 4.78 is 0. The van der Waals surface area contributed by atoms with Crippen LogP contribution >= 0.6 is 0 Å². The fraction of sp³-hybridized carbons (Fsp3) is 0.190. The van der Waals surface area contributed by atoms with E-state index in [1.165, 1.54) is 0 Å². The number of hydrogen-bond donors (Lipinski definition) is 2. The van der Waals surface area contributed by atoms with Gasteiger partial charge >= 0.3 is 0 Å². The van der Waals surface area contributed by atoms with Crippen LogP contribution in [0.1, 0.15) is 16.8 Å². The Balaban J connectivity index is 1.75. The lowest BCUT2D eigenvalue weighted by Crippen LogP contribution is -2.25. The molecule has 2 N–H and O–H groups in total. The van der Waals surface area contributed by atoms with E-state index in [0.29, 0.717) is 24.6 Å². The minimum atomic E-state index is 0.294. The molecule has 128 valence electrons. The summed E-state index contributed by atoms with van der Waals surface area (Å²) in [5.41, 5.74) is 2.78. The molecule has 0 aliphatic rings. The molecule has 0 atom stereocenters. The number of pyridine rings is 1. The van der Waals surface area contributed by atoms with Crippen LogP contribution < -0.4 is 0 Å². The standard InChI is InChI=1S/C21H22N2O2/c24-20-10-3-1-7-17(20)15-23(14-12-19-9-5-6-13-22-19)16-18-8-2-4-11-21(18)25/h1-11,13,24-25H,12,14-16H2. The maximum atomic E-state index is 10.1. The molecule has 0 radical (unpaired) electrons. The molecule has 4 heteroatoms. The lowest BCUT2D eigenvalue weighted by Gasteiger charge is -2.23. The summed E-state index contributed by atoms with van der Waals surface area (Å²) in [5.74, 6) is 0.588. The predicted molar refractivity (Wildman–Crippen MR) is 98.3 cm³/mol. The molecule has 2 aromatic carbocycles. The minimum absolute atomic E-state index is 0.294. The number of aromatic hydroxyl groups is 2. The third-order valence-electron chi connectivity index (χ3n) is 4.18. The molecule has 0 aliphatic carbocycles. The molecule has 25 heavy (non-hydrogen) atoms. The Kier molecular flexibility index (Phi) is 5.65. The van der Waals surface area contributed by atoms with Gasteiger partial charge in [0, 0.05) is 49.1 Å². The van der Waals surface area contributed by atoms with Gasteiger partial charge in [0.05, 0.1) is 0 Å². The fourth-order valence-corrected chi connectivity index (χ4v) is 2.80. The zero-order valence-electron chi connectivity index (χ0n) is 14.0. The molecule has 1 aromatic heterocycles. The van der Waals surface area contributed by atoms with Gasteiger partial charge in [-0.2, -0.15) is 0 Å². The van der Waals surface area contributed by atoms with Gasteiger partial charge in [-0.15, -0.1) is 0 Å². The zero-order chi connectivity index (χ0) is 17.5. The largest absolute Gasteiger partial charge is 0.508 e. The smallest absolute Gasteiger partial charge is 0.120 e. The first-order valence-electron chi connectivity index (χ1n) is 8.38. The maximum Gasteiger partial charge on any atom is 0.120 e. The Labute approximate surface area is 148 Å². The van der Waals surface area contributed by atoms with Crippen LogP contribution in [0, 0.1) is 0 Å². The van der Waals surface area contributed by atoms with E-state index in [-0.39, 0.29) is 0 Å². The summed E-state index contributed by atoms with van der Waals surface area (Å²) in [5, 5.41) is 20.2. The topological polar surface area (TPSA) is 56.6 Å². The number of rotatable bonds is 7. The number of phenolic OH excluding ortho intramolecular Hbond substituents is 2. The van der Waals surface area contributed by atoms with Crippen LogP contribution in [0.15, 0.2) is 72.9 Å². The quantitative estimate of drug-likeness (QED) is 0.691. The van der Waals surface area contributed by atoms with E-state index in [1.807, 2.05) is 54.6 Å². The van der Waals surface area contributed by atoms with E-state index in [9.17, 15) is 10.2 Å². The molecule has 4 nitrogen and oxygen atoms in total. The number of phenols is 2. The van der Waals surface area contributed by atoms with Gasteiger partial charge in [0.15, 0.2) is 0 Å². The highest BCUT2D eigenvalue weighted by atomic mass is 16.3. The summed E-state index contributed by atoms with van der Waals surface area (Å²) in [6, 6.07) is 20.6. The highest BCUT2D eigenvalue weighted by Gasteiger charge is 2.12. The van der Waals surface area contributed by atoms with Crippen molar-refractivity contribution in [2.45, 2.75) is 19.5 Å². The molecule has 0 unspecified atom stereocenters. The summed E-state index contributed by atoms with van der Waals surface area (Å²) in [6.07, 6.45) is 2.60. The first-order chi connectivity index (χ1) is 12.2. The summed E-state index contributed by atoms with van der Waals surface area (Å²) in [4.78, 5) is 6.58. The van der Waals surface area contributed by atoms with Crippen molar-refractivity contribution in [3.8, 4) is 11.5 Å². The van der Waals surface area contributed by atoms with E-state index in [1.54, 1.807) is 18.3 Å². The number of hydrogen-bond acceptors (Lipinski definition) is 4. The number of aromatic nitrogens is 1. The van der Waals surface area contributed by atoms with Gasteiger partial charge in [-0.05, 0) is 24.3 Å². The van der Waals surface area contributed by atoms with Crippen molar-refractivity contribution in [2.24, 2.45) is 0 Å². The minimum Gasteiger partial charge on any atom is -0.508 e. The van der Waals surface area contributed by atoms with Gasteiger partial charge in [-0.3, -0.25) is 9.88 Å². The summed E-state index contributed by atoms with van der Waals surface area (Å²) >= 11 is 0. The van der Waals surface area contributed by atoms with Crippen molar-refractivity contribution in [2.75, 3.05) is 6.54 Å². The Bertz CT molecular complexity index is 758. The average molecular weight is 334 g/mol. The van der Waals surface area contributed by atoms with Crippen LogP contribution in [0.2, 0.25) is 0 Å². The fourth-order valence-electron chi connectivity index (χ4n) is 2.80. The highest BCUT2D eigenvalue weighted by Crippen LogP contribution is 2.22. The first kappa shape index (κ1) is 17.0. The second-order valence-electron chi connectivity index (χ2n) is 6.04. The maximum absolute atomic E-state index is 10.1. The molecule has 0 fully saturated rings. The second kappa shape index (κ2) is 8.31. The molecule has 0 aliphatic heterocycles. The highest BCUT2D eigenvalue weighted by molar-refractivity contribution is 5.33. The molecular weight excluding hydrogens is 312 g/mol. The predicted octanol–water partition coefficient (Wildman–Crippen LogP) is 3.74. The molecule has 0 saturated carbocycles. The van der Waals surface area contributed by atoms with E-state index in [0.717, 1.165) is 29.8 Å². The van der Waals surface area contributed by atoms with Crippen LogP contribution in [0.4, 0.5) is 0 Å². The van der Waals surface area contributed by atoms with E-state index >= 15 is 0 Å². The first-order valence-corrected chi connectivity index (χ1v) is 8.38. The zero-order valence-corrected chi connectivity index (χ0v) is 14.0. The van der Waals surface area contributed by atoms with E-state index in [4.69, 9.17) is 0 Å². The molecule has 0 bridgehead atoms. The van der Waals surface area contributed by atoms with Gasteiger partial charge in [0.1, 0.15) is 11.5 Å². The van der Waals surface area contributed by atoms with Crippen molar-refractivity contribution in [1.29, 1.82) is 0 Å². The number of para-hydroxylation sites is 2. The van der Waals surface area contributed by atoms with Crippen molar-refractivity contribution in [1.82, 2.24) is 9.88 Å². The van der Waals surface area contributed by atoms with Crippen LogP contribution in [-0.2, 0) is 19.5 Å².